The number of oxime groups is 1. The highest BCUT2D eigenvalue weighted by Crippen LogP contribution is 2.68. The van der Waals surface area contributed by atoms with E-state index in [4.69, 9.17) is 4.74 Å². The fourth-order valence-corrected chi connectivity index (χ4v) is 9.51. The molecule has 0 saturated heterocycles. The molecule has 0 aromatic carbocycles. The zero-order chi connectivity index (χ0) is 24.9. The average molecular weight is 476 g/mol. The maximum absolute atomic E-state index is 12.0. The first-order valence-electron chi connectivity index (χ1n) is 14.1. The van der Waals surface area contributed by atoms with E-state index >= 15 is 0 Å². The topological polar surface area (TPSA) is 79.1 Å². The Hall–Kier alpha value is -1.10. The molecule has 4 rings (SSSR count). The van der Waals surface area contributed by atoms with Gasteiger partial charge in [0.2, 0.25) is 0 Å². The number of aliphatic hydroxyl groups is 1. The molecule has 0 heterocycles. The first kappa shape index (κ1) is 26.0. The van der Waals surface area contributed by atoms with Crippen LogP contribution in [0.15, 0.2) is 5.16 Å². The van der Waals surface area contributed by atoms with E-state index in [1.54, 1.807) is 0 Å². The minimum absolute atomic E-state index is 0.304. The van der Waals surface area contributed by atoms with Crippen LogP contribution in [-0.2, 0) is 9.53 Å². The van der Waals surface area contributed by atoms with Gasteiger partial charge in [-0.05, 0) is 85.9 Å². The maximum Gasteiger partial charge on any atom is 0.302 e. The fourth-order valence-electron chi connectivity index (χ4n) is 9.51. The van der Waals surface area contributed by atoms with Crippen LogP contribution in [0, 0.1) is 46.3 Å². The molecular formula is C29H49NO4. The highest BCUT2D eigenvalue weighted by Gasteiger charge is 2.67. The lowest BCUT2D eigenvalue weighted by molar-refractivity contribution is -0.183. The van der Waals surface area contributed by atoms with Gasteiger partial charge in [-0.15, -0.1) is 0 Å². The predicted molar refractivity (Wildman–Crippen MR) is 135 cm³/mol. The van der Waals surface area contributed by atoms with Gasteiger partial charge in [0.1, 0.15) is 11.7 Å². The van der Waals surface area contributed by atoms with E-state index in [0.717, 1.165) is 37.0 Å². The number of carbonyl (C=O) groups is 1. The van der Waals surface area contributed by atoms with Gasteiger partial charge in [0, 0.05) is 18.8 Å². The number of rotatable bonds is 6. The molecular weight excluding hydrogens is 426 g/mol. The Morgan fingerprint density at radius 3 is 2.47 bits per heavy atom. The van der Waals surface area contributed by atoms with Crippen LogP contribution in [0.3, 0.4) is 0 Å². The Labute approximate surface area is 207 Å². The SMILES string of the molecule is CC(=O)O[C@H]1CC[C@]2(C)[C@H]3CC[C@]4(C)[C@@H]([C@H](C)CCCC(C)C)CC[C@H]4[C@@H]3CC(=NO)[C@@]2(O)C1. The molecule has 0 unspecified atom stereocenters. The number of hydrogen-bond acceptors (Lipinski definition) is 5. The van der Waals surface area contributed by atoms with Crippen molar-refractivity contribution in [3.05, 3.63) is 0 Å². The van der Waals surface area contributed by atoms with E-state index in [0.29, 0.717) is 41.7 Å². The Kier molecular flexibility index (Phi) is 7.19. The molecule has 0 spiro atoms. The number of fused-ring (bicyclic) bond motifs is 5. The fraction of sp³-hybridized carbons (Fsp3) is 0.931. The molecule has 0 radical (unpaired) electrons. The molecule has 0 amide bonds. The van der Waals surface area contributed by atoms with Gasteiger partial charge in [0.25, 0.3) is 0 Å². The maximum atomic E-state index is 12.0. The standard InChI is InChI=1S/C29H49NO4/c1-18(2)8-7-9-19(3)23-10-11-24-22-16-26(30-33)29(32)17-21(34-20(4)31)12-15-28(29,6)25(22)13-14-27(23,24)5/h18-19,21-25,32-33H,7-17H2,1-6H3/t19-,21+,22+,23-,24+,25+,27-,28-,29+/m1/s1. The second-order valence-corrected chi connectivity index (χ2v) is 13.4. The van der Waals surface area contributed by atoms with E-state index in [-0.39, 0.29) is 17.5 Å². The molecule has 4 aliphatic rings. The van der Waals surface area contributed by atoms with Crippen LogP contribution in [0.25, 0.3) is 0 Å². The zero-order valence-electron chi connectivity index (χ0n) is 22.5. The third-order valence-electron chi connectivity index (χ3n) is 11.3. The van der Waals surface area contributed by atoms with Crippen LogP contribution >= 0.6 is 0 Å². The first-order chi connectivity index (χ1) is 16.0. The van der Waals surface area contributed by atoms with Crippen molar-refractivity contribution < 1.29 is 19.8 Å². The lowest BCUT2D eigenvalue weighted by Gasteiger charge is -2.64. The van der Waals surface area contributed by atoms with E-state index in [1.807, 2.05) is 0 Å². The van der Waals surface area contributed by atoms with Crippen molar-refractivity contribution in [2.75, 3.05) is 0 Å². The van der Waals surface area contributed by atoms with Crippen LogP contribution < -0.4 is 0 Å². The Morgan fingerprint density at radius 1 is 1.09 bits per heavy atom. The van der Waals surface area contributed by atoms with Crippen molar-refractivity contribution in [1.82, 2.24) is 0 Å². The second kappa shape index (κ2) is 9.41. The molecule has 0 aliphatic heterocycles. The smallest absolute Gasteiger partial charge is 0.302 e. The van der Waals surface area contributed by atoms with Crippen LogP contribution in [0.4, 0.5) is 0 Å². The van der Waals surface area contributed by atoms with Crippen molar-refractivity contribution in [1.29, 1.82) is 0 Å². The van der Waals surface area contributed by atoms with Crippen molar-refractivity contribution in [3.8, 4) is 0 Å². The molecule has 9 atom stereocenters. The Bertz CT molecular complexity index is 795. The van der Waals surface area contributed by atoms with Crippen LogP contribution in [0.1, 0.15) is 112 Å². The molecule has 4 fully saturated rings. The number of carbonyl (C=O) groups excluding carboxylic acids is 1. The summed E-state index contributed by atoms with van der Waals surface area (Å²) in [7, 11) is 0. The third kappa shape index (κ3) is 4.12. The summed E-state index contributed by atoms with van der Waals surface area (Å²) < 4.78 is 5.52. The predicted octanol–water partition coefficient (Wildman–Crippen LogP) is 6.59. The molecule has 194 valence electrons. The molecule has 0 bridgehead atoms. The molecule has 4 aliphatic carbocycles. The minimum Gasteiger partial charge on any atom is -0.462 e. The summed E-state index contributed by atoms with van der Waals surface area (Å²) in [5, 5.41) is 25.8. The van der Waals surface area contributed by atoms with E-state index < -0.39 is 5.60 Å². The van der Waals surface area contributed by atoms with E-state index in [9.17, 15) is 15.1 Å². The van der Waals surface area contributed by atoms with Crippen molar-refractivity contribution >= 4 is 11.7 Å². The summed E-state index contributed by atoms with van der Waals surface area (Å²) in [4.78, 5) is 11.6. The first-order valence-corrected chi connectivity index (χ1v) is 14.1. The Morgan fingerprint density at radius 2 is 1.82 bits per heavy atom. The van der Waals surface area contributed by atoms with Gasteiger partial charge in [-0.25, -0.2) is 0 Å². The second-order valence-electron chi connectivity index (χ2n) is 13.4. The van der Waals surface area contributed by atoms with Gasteiger partial charge in [-0.3, -0.25) is 4.79 Å². The number of hydrogen-bond donors (Lipinski definition) is 2. The quantitative estimate of drug-likeness (QED) is 0.258. The van der Waals surface area contributed by atoms with Crippen LogP contribution in [0.5, 0.6) is 0 Å². The minimum atomic E-state index is -1.20. The monoisotopic (exact) mass is 475 g/mol. The molecule has 5 nitrogen and oxygen atoms in total. The van der Waals surface area contributed by atoms with E-state index in [2.05, 4.69) is 39.8 Å². The lowest BCUT2D eigenvalue weighted by atomic mass is 9.42. The largest absolute Gasteiger partial charge is 0.462 e. The van der Waals surface area contributed by atoms with Gasteiger partial charge in [0.05, 0.1) is 5.71 Å². The van der Waals surface area contributed by atoms with Gasteiger partial charge in [-0.1, -0.05) is 59.0 Å². The highest BCUT2D eigenvalue weighted by molar-refractivity contribution is 5.94. The number of esters is 1. The van der Waals surface area contributed by atoms with Gasteiger partial charge in [-0.2, -0.15) is 0 Å². The molecule has 34 heavy (non-hydrogen) atoms. The summed E-state index contributed by atoms with van der Waals surface area (Å²) in [6, 6.07) is 0. The molecule has 4 saturated carbocycles. The van der Waals surface area contributed by atoms with Gasteiger partial charge in [0.15, 0.2) is 0 Å². The molecule has 0 aromatic heterocycles. The molecule has 2 N–H and O–H groups in total. The highest BCUT2D eigenvalue weighted by atomic mass is 16.5. The number of nitrogens with zero attached hydrogens (tertiary/aromatic N) is 1. The van der Waals surface area contributed by atoms with E-state index in [1.165, 1.54) is 45.4 Å². The molecule has 0 aromatic rings. The summed E-state index contributed by atoms with van der Waals surface area (Å²) in [5.41, 5.74) is -0.654. The summed E-state index contributed by atoms with van der Waals surface area (Å²) >= 11 is 0. The molecule has 5 heteroatoms. The van der Waals surface area contributed by atoms with Gasteiger partial charge < -0.3 is 15.1 Å². The summed E-state index contributed by atoms with van der Waals surface area (Å²) in [5.74, 6) is 3.53. The average Bonchev–Trinajstić information content (AvgIpc) is 3.11. The summed E-state index contributed by atoms with van der Waals surface area (Å²) in [6.07, 6.45) is 11.2. The Balaban J connectivity index is 1.56. The van der Waals surface area contributed by atoms with Crippen LogP contribution in [-0.4, -0.2) is 33.7 Å². The van der Waals surface area contributed by atoms with Crippen LogP contribution in [0.2, 0.25) is 0 Å². The number of ether oxygens (including phenoxy) is 1. The van der Waals surface area contributed by atoms with Gasteiger partial charge >= 0.3 is 5.97 Å². The normalized spacial score (nSPS) is 46.0. The van der Waals surface area contributed by atoms with Crippen molar-refractivity contribution in [2.24, 2.45) is 51.5 Å². The zero-order valence-corrected chi connectivity index (χ0v) is 22.5. The van der Waals surface area contributed by atoms with Crippen molar-refractivity contribution in [2.45, 2.75) is 124 Å². The third-order valence-corrected chi connectivity index (χ3v) is 11.3. The van der Waals surface area contributed by atoms with Crippen molar-refractivity contribution in [3.63, 3.8) is 0 Å². The summed E-state index contributed by atoms with van der Waals surface area (Å²) in [6.45, 7) is 13.3. The lowest BCUT2D eigenvalue weighted by Crippen LogP contribution is -2.67.